The minimum Gasteiger partial charge on any atom is -0.324 e. The van der Waals surface area contributed by atoms with Crippen LogP contribution in [-0.4, -0.2) is 11.2 Å². The van der Waals surface area contributed by atoms with E-state index in [1.54, 1.807) is 11.8 Å². The number of aryl methyl sites for hydroxylation is 1. The molecule has 1 aromatic heterocycles. The van der Waals surface area contributed by atoms with Crippen molar-refractivity contribution in [2.75, 3.05) is 6.26 Å². The third-order valence-electron chi connectivity index (χ3n) is 1.83. The molecule has 0 aliphatic heterocycles. The summed E-state index contributed by atoms with van der Waals surface area (Å²) in [4.78, 5) is 4.26. The van der Waals surface area contributed by atoms with E-state index in [9.17, 15) is 0 Å². The quantitative estimate of drug-likeness (QED) is 0.712. The average molecular weight is 182 g/mol. The molecule has 1 heterocycles. The number of hydrogen-bond donors (Lipinski definition) is 1. The highest BCUT2D eigenvalue weighted by atomic mass is 32.2. The lowest BCUT2D eigenvalue weighted by molar-refractivity contribution is 0.796. The minimum absolute atomic E-state index is 0.0772. The summed E-state index contributed by atoms with van der Waals surface area (Å²) in [6.45, 7) is 4.04. The Bertz CT molecular complexity index is 271. The summed E-state index contributed by atoms with van der Waals surface area (Å²) in [6.07, 6.45) is 3.89. The largest absolute Gasteiger partial charge is 0.324 e. The van der Waals surface area contributed by atoms with Crippen molar-refractivity contribution in [2.45, 2.75) is 24.9 Å². The fraction of sp³-hybridized carbons (Fsp3) is 0.444. The average Bonchev–Trinajstić information content (AvgIpc) is 2.03. The molecule has 0 saturated carbocycles. The molecule has 0 spiro atoms. The number of hydrogen-bond acceptors (Lipinski definition) is 3. The molecule has 0 radical (unpaired) electrons. The molecule has 1 aromatic rings. The maximum atomic E-state index is 5.76. The zero-order valence-electron chi connectivity index (χ0n) is 7.66. The summed E-state index contributed by atoms with van der Waals surface area (Å²) in [7, 11) is 0. The van der Waals surface area contributed by atoms with Crippen LogP contribution in [-0.2, 0) is 0 Å². The van der Waals surface area contributed by atoms with Gasteiger partial charge in [-0.25, -0.2) is 4.98 Å². The van der Waals surface area contributed by atoms with E-state index in [1.807, 2.05) is 19.4 Å². The van der Waals surface area contributed by atoms with Crippen molar-refractivity contribution in [1.82, 2.24) is 4.98 Å². The van der Waals surface area contributed by atoms with Crippen LogP contribution in [0.5, 0.6) is 0 Å². The lowest BCUT2D eigenvalue weighted by atomic mass is 10.1. The van der Waals surface area contributed by atoms with Gasteiger partial charge in [0.15, 0.2) is 0 Å². The lowest BCUT2D eigenvalue weighted by Crippen LogP contribution is -2.07. The molecule has 1 rings (SSSR count). The molecule has 0 saturated heterocycles. The van der Waals surface area contributed by atoms with Crippen molar-refractivity contribution >= 4 is 11.8 Å². The molecule has 2 N–H and O–H groups in total. The second-order valence-corrected chi connectivity index (χ2v) is 3.70. The molecular weight excluding hydrogens is 168 g/mol. The van der Waals surface area contributed by atoms with Gasteiger partial charge in [-0.3, -0.25) is 0 Å². The molecule has 2 nitrogen and oxygen atoms in total. The standard InChI is InChI=1S/C9H14N2S/c1-6-4-9(12-3)11-5-8(6)7(2)10/h4-5,7H,10H2,1-3H3. The zero-order chi connectivity index (χ0) is 9.14. The van der Waals surface area contributed by atoms with Gasteiger partial charge in [0.05, 0.1) is 5.03 Å². The van der Waals surface area contributed by atoms with Gasteiger partial charge in [-0.1, -0.05) is 0 Å². The molecule has 66 valence electrons. The molecule has 12 heavy (non-hydrogen) atoms. The first kappa shape index (κ1) is 9.55. The zero-order valence-corrected chi connectivity index (χ0v) is 8.48. The van der Waals surface area contributed by atoms with Crippen molar-refractivity contribution in [3.8, 4) is 0 Å². The van der Waals surface area contributed by atoms with Gasteiger partial charge in [0.25, 0.3) is 0 Å². The number of rotatable bonds is 2. The van der Waals surface area contributed by atoms with Crippen molar-refractivity contribution in [2.24, 2.45) is 5.73 Å². The highest BCUT2D eigenvalue weighted by molar-refractivity contribution is 7.98. The SMILES string of the molecule is CSc1cc(C)c(C(C)N)cn1. The van der Waals surface area contributed by atoms with Crippen molar-refractivity contribution in [3.05, 3.63) is 23.4 Å². The highest BCUT2D eigenvalue weighted by Gasteiger charge is 2.04. The molecule has 0 aliphatic carbocycles. The van der Waals surface area contributed by atoms with Crippen LogP contribution in [0.1, 0.15) is 24.1 Å². The van der Waals surface area contributed by atoms with E-state index < -0.39 is 0 Å². The summed E-state index contributed by atoms with van der Waals surface area (Å²) in [5, 5.41) is 1.05. The van der Waals surface area contributed by atoms with Crippen molar-refractivity contribution < 1.29 is 0 Å². The van der Waals surface area contributed by atoms with Crippen LogP contribution in [0.25, 0.3) is 0 Å². The van der Waals surface area contributed by atoms with Crippen LogP contribution < -0.4 is 5.73 Å². The van der Waals surface area contributed by atoms with Gasteiger partial charge in [-0.2, -0.15) is 0 Å². The van der Waals surface area contributed by atoms with Crippen LogP contribution in [0.15, 0.2) is 17.3 Å². The summed E-state index contributed by atoms with van der Waals surface area (Å²) in [5.41, 5.74) is 8.12. The maximum absolute atomic E-state index is 5.76. The van der Waals surface area contributed by atoms with E-state index in [0.29, 0.717) is 0 Å². The van der Waals surface area contributed by atoms with Crippen molar-refractivity contribution in [1.29, 1.82) is 0 Å². The summed E-state index contributed by atoms with van der Waals surface area (Å²) in [5.74, 6) is 0. The van der Waals surface area contributed by atoms with E-state index >= 15 is 0 Å². The summed E-state index contributed by atoms with van der Waals surface area (Å²) in [6, 6.07) is 2.15. The molecule has 0 fully saturated rings. The van der Waals surface area contributed by atoms with Crippen LogP contribution in [0.4, 0.5) is 0 Å². The van der Waals surface area contributed by atoms with Crippen molar-refractivity contribution in [3.63, 3.8) is 0 Å². The second-order valence-electron chi connectivity index (χ2n) is 2.87. The van der Waals surface area contributed by atoms with Crippen LogP contribution >= 0.6 is 11.8 Å². The highest BCUT2D eigenvalue weighted by Crippen LogP contribution is 2.19. The first-order chi connectivity index (χ1) is 5.65. The normalized spacial score (nSPS) is 13.0. The molecule has 0 bridgehead atoms. The maximum Gasteiger partial charge on any atom is 0.0959 e. The van der Waals surface area contributed by atoms with Gasteiger partial charge >= 0.3 is 0 Å². The topological polar surface area (TPSA) is 38.9 Å². The molecular formula is C9H14N2S. The summed E-state index contributed by atoms with van der Waals surface area (Å²) >= 11 is 1.65. The van der Waals surface area contributed by atoms with Crippen LogP contribution in [0.2, 0.25) is 0 Å². The van der Waals surface area contributed by atoms with E-state index in [0.717, 1.165) is 10.6 Å². The Morgan fingerprint density at radius 1 is 1.58 bits per heavy atom. The van der Waals surface area contributed by atoms with E-state index in [1.165, 1.54) is 5.56 Å². The Morgan fingerprint density at radius 3 is 2.67 bits per heavy atom. The number of nitrogens with zero attached hydrogens (tertiary/aromatic N) is 1. The van der Waals surface area contributed by atoms with Gasteiger partial charge < -0.3 is 5.73 Å². The predicted octanol–water partition coefficient (Wildman–Crippen LogP) is 2.13. The second kappa shape index (κ2) is 3.92. The monoisotopic (exact) mass is 182 g/mol. The fourth-order valence-electron chi connectivity index (χ4n) is 1.13. The van der Waals surface area contributed by atoms with Gasteiger partial charge in [0.1, 0.15) is 0 Å². The van der Waals surface area contributed by atoms with Crippen LogP contribution in [0.3, 0.4) is 0 Å². The summed E-state index contributed by atoms with van der Waals surface area (Å²) < 4.78 is 0. The van der Waals surface area contributed by atoms with E-state index in [-0.39, 0.29) is 6.04 Å². The van der Waals surface area contributed by atoms with E-state index in [2.05, 4.69) is 18.0 Å². The molecule has 3 heteroatoms. The third kappa shape index (κ3) is 1.99. The Morgan fingerprint density at radius 2 is 2.25 bits per heavy atom. The first-order valence-electron chi connectivity index (χ1n) is 3.91. The molecule has 0 aliphatic rings. The van der Waals surface area contributed by atoms with Gasteiger partial charge in [0.2, 0.25) is 0 Å². The Balaban J connectivity index is 3.03. The number of aromatic nitrogens is 1. The minimum atomic E-state index is 0.0772. The van der Waals surface area contributed by atoms with Gasteiger partial charge in [-0.05, 0) is 37.3 Å². The Kier molecular flexibility index (Phi) is 3.12. The first-order valence-corrected chi connectivity index (χ1v) is 5.13. The predicted molar refractivity (Wildman–Crippen MR) is 53.4 cm³/mol. The Labute approximate surface area is 77.6 Å². The Hall–Kier alpha value is -0.540. The van der Waals surface area contributed by atoms with Gasteiger partial charge in [0, 0.05) is 12.2 Å². The van der Waals surface area contributed by atoms with Crippen LogP contribution in [0, 0.1) is 6.92 Å². The number of thioether (sulfide) groups is 1. The molecule has 1 atom stereocenters. The van der Waals surface area contributed by atoms with Gasteiger partial charge in [-0.15, -0.1) is 11.8 Å². The molecule has 0 aromatic carbocycles. The fourth-order valence-corrected chi connectivity index (χ4v) is 1.58. The number of nitrogens with two attached hydrogens (primary N) is 1. The third-order valence-corrected chi connectivity index (χ3v) is 2.47. The van der Waals surface area contributed by atoms with E-state index in [4.69, 9.17) is 5.73 Å². The molecule has 1 unspecified atom stereocenters. The lowest BCUT2D eigenvalue weighted by Gasteiger charge is -2.09. The smallest absolute Gasteiger partial charge is 0.0959 e. The number of pyridine rings is 1. The molecule has 0 amide bonds.